The van der Waals surface area contributed by atoms with E-state index in [1.807, 2.05) is 32.0 Å². The number of carbonyl (C=O) groups is 1. The largest absolute Gasteiger partial charge is 0.361 e. The Morgan fingerprint density at radius 3 is 2.84 bits per heavy atom. The summed E-state index contributed by atoms with van der Waals surface area (Å²) in [4.78, 5) is 11.3. The maximum absolute atomic E-state index is 11.3. The standard InChI is InChI=1S/C13H13N3O2.Y.H2/c1-7-12(8(2)18-16-7)9-3-4-10-6-14-13(17)15-11(10)5-9;;/h3-5H,6H2,1-2H3,(H2,14,15,17);;1H. The number of nitrogens with zero attached hydrogens (tertiary/aromatic N) is 1. The van der Waals surface area contributed by atoms with Crippen molar-refractivity contribution in [2.45, 2.75) is 20.4 Å². The van der Waals surface area contributed by atoms with Crippen LogP contribution < -0.4 is 10.6 Å². The maximum Gasteiger partial charge on any atom is 0.319 e. The smallest absolute Gasteiger partial charge is 0.319 e. The van der Waals surface area contributed by atoms with Crippen molar-refractivity contribution in [2.24, 2.45) is 0 Å². The van der Waals surface area contributed by atoms with Crippen LogP contribution in [0.2, 0.25) is 0 Å². The molecule has 1 aromatic carbocycles. The fourth-order valence-corrected chi connectivity index (χ4v) is 2.24. The molecule has 97 valence electrons. The van der Waals surface area contributed by atoms with Gasteiger partial charge in [-0.2, -0.15) is 0 Å². The van der Waals surface area contributed by atoms with Crippen LogP contribution in [0.15, 0.2) is 22.7 Å². The fraction of sp³-hybridized carbons (Fsp3) is 0.231. The average molecular weight is 334 g/mol. The molecule has 1 aliphatic heterocycles. The first-order chi connectivity index (χ1) is 8.65. The van der Waals surface area contributed by atoms with Crippen LogP contribution in [0.25, 0.3) is 11.1 Å². The number of fused-ring (bicyclic) bond motifs is 1. The van der Waals surface area contributed by atoms with E-state index >= 15 is 0 Å². The summed E-state index contributed by atoms with van der Waals surface area (Å²) in [5.41, 5.74) is 4.77. The van der Waals surface area contributed by atoms with E-state index in [0.717, 1.165) is 33.8 Å². The zero-order valence-corrected chi connectivity index (χ0v) is 13.6. The summed E-state index contributed by atoms with van der Waals surface area (Å²) in [6.45, 7) is 4.35. The van der Waals surface area contributed by atoms with E-state index in [0.29, 0.717) is 6.54 Å². The number of aryl methyl sites for hydroxylation is 2. The molecule has 1 radical (unpaired) electrons. The molecule has 1 aliphatic rings. The van der Waals surface area contributed by atoms with Crippen molar-refractivity contribution in [3.05, 3.63) is 35.2 Å². The summed E-state index contributed by atoms with van der Waals surface area (Å²) in [7, 11) is 0. The number of hydrogen-bond acceptors (Lipinski definition) is 3. The Balaban J connectivity index is 0.000001000. The van der Waals surface area contributed by atoms with Crippen LogP contribution in [-0.4, -0.2) is 11.2 Å². The van der Waals surface area contributed by atoms with Crippen LogP contribution in [0.5, 0.6) is 0 Å². The van der Waals surface area contributed by atoms with Gasteiger partial charge in [0, 0.05) is 51.9 Å². The summed E-state index contributed by atoms with van der Waals surface area (Å²) >= 11 is 0. The number of amides is 2. The molecule has 0 fully saturated rings. The van der Waals surface area contributed by atoms with Crippen molar-refractivity contribution >= 4 is 11.7 Å². The third-order valence-corrected chi connectivity index (χ3v) is 3.12. The quantitative estimate of drug-likeness (QED) is 0.843. The molecule has 0 bridgehead atoms. The van der Waals surface area contributed by atoms with E-state index < -0.39 is 0 Å². The summed E-state index contributed by atoms with van der Waals surface area (Å²) in [5.74, 6) is 0.785. The molecule has 0 saturated heterocycles. The minimum absolute atomic E-state index is 0. The van der Waals surface area contributed by atoms with Gasteiger partial charge in [0.2, 0.25) is 0 Å². The minimum Gasteiger partial charge on any atom is -0.361 e. The van der Waals surface area contributed by atoms with Gasteiger partial charge in [-0.05, 0) is 31.0 Å². The molecule has 0 aliphatic carbocycles. The Morgan fingerprint density at radius 2 is 2.16 bits per heavy atom. The molecule has 0 atom stereocenters. The van der Waals surface area contributed by atoms with Gasteiger partial charge in [0.05, 0.1) is 5.69 Å². The van der Waals surface area contributed by atoms with Gasteiger partial charge in [0.15, 0.2) is 0 Å². The summed E-state index contributed by atoms with van der Waals surface area (Å²) in [6, 6.07) is 5.81. The third-order valence-electron chi connectivity index (χ3n) is 3.12. The first-order valence-electron chi connectivity index (χ1n) is 5.76. The second-order valence-corrected chi connectivity index (χ2v) is 4.38. The van der Waals surface area contributed by atoms with E-state index in [-0.39, 0.29) is 40.2 Å². The van der Waals surface area contributed by atoms with Crippen molar-refractivity contribution in [2.75, 3.05) is 5.32 Å². The molecular weight excluding hydrogens is 319 g/mol. The summed E-state index contributed by atoms with van der Waals surface area (Å²) < 4.78 is 5.17. The molecule has 2 N–H and O–H groups in total. The molecule has 3 rings (SSSR count). The third kappa shape index (κ3) is 2.58. The number of aromatic nitrogens is 1. The van der Waals surface area contributed by atoms with Crippen LogP contribution in [0, 0.1) is 13.8 Å². The Bertz CT molecular complexity index is 623. The molecule has 2 amide bonds. The van der Waals surface area contributed by atoms with Crippen molar-refractivity contribution in [1.29, 1.82) is 0 Å². The molecule has 0 spiro atoms. The number of anilines is 1. The molecule has 0 unspecified atom stereocenters. The average Bonchev–Trinajstić information content (AvgIpc) is 2.68. The van der Waals surface area contributed by atoms with Crippen molar-refractivity contribution < 1.29 is 43.5 Å². The van der Waals surface area contributed by atoms with Gasteiger partial charge in [-0.1, -0.05) is 17.3 Å². The molecule has 1 aromatic heterocycles. The van der Waals surface area contributed by atoms with Crippen LogP contribution >= 0.6 is 0 Å². The molecular formula is C13H15N3O2Y. The van der Waals surface area contributed by atoms with Gasteiger partial charge in [0.25, 0.3) is 0 Å². The molecule has 6 heteroatoms. The van der Waals surface area contributed by atoms with Gasteiger partial charge in [0.1, 0.15) is 5.76 Å². The predicted molar refractivity (Wildman–Crippen MR) is 69.4 cm³/mol. The molecule has 0 saturated carbocycles. The van der Waals surface area contributed by atoms with E-state index in [2.05, 4.69) is 15.8 Å². The zero-order chi connectivity index (χ0) is 12.7. The van der Waals surface area contributed by atoms with Gasteiger partial charge in [-0.15, -0.1) is 0 Å². The number of carbonyl (C=O) groups excluding carboxylic acids is 1. The fourth-order valence-electron chi connectivity index (χ4n) is 2.24. The van der Waals surface area contributed by atoms with Crippen LogP contribution in [0.1, 0.15) is 18.4 Å². The van der Waals surface area contributed by atoms with Crippen LogP contribution in [0.4, 0.5) is 10.5 Å². The van der Waals surface area contributed by atoms with E-state index in [1.165, 1.54) is 0 Å². The van der Waals surface area contributed by atoms with Crippen LogP contribution in [-0.2, 0) is 39.3 Å². The van der Waals surface area contributed by atoms with Gasteiger partial charge in [-0.3, -0.25) is 0 Å². The van der Waals surface area contributed by atoms with Crippen molar-refractivity contribution in [3.8, 4) is 11.1 Å². The van der Waals surface area contributed by atoms with Crippen molar-refractivity contribution in [1.82, 2.24) is 10.5 Å². The number of rotatable bonds is 1. The monoisotopic (exact) mass is 334 g/mol. The molecule has 19 heavy (non-hydrogen) atoms. The van der Waals surface area contributed by atoms with Crippen molar-refractivity contribution in [3.63, 3.8) is 0 Å². The maximum atomic E-state index is 11.3. The van der Waals surface area contributed by atoms with E-state index in [4.69, 9.17) is 4.52 Å². The van der Waals surface area contributed by atoms with Gasteiger partial charge >= 0.3 is 6.03 Å². The van der Waals surface area contributed by atoms with E-state index in [9.17, 15) is 4.79 Å². The topological polar surface area (TPSA) is 67.2 Å². The Hall–Kier alpha value is -1.20. The van der Waals surface area contributed by atoms with E-state index in [1.54, 1.807) is 0 Å². The SMILES string of the molecule is Cc1noc(C)c1-c1ccc2c(c1)NC(=O)NC2.[HH].[Y]. The predicted octanol–water partition coefficient (Wildman–Crippen LogP) is 2.84. The number of hydrogen-bond donors (Lipinski definition) is 2. The molecule has 5 nitrogen and oxygen atoms in total. The van der Waals surface area contributed by atoms with Crippen LogP contribution in [0.3, 0.4) is 0 Å². The number of benzene rings is 1. The molecule has 2 heterocycles. The number of nitrogens with one attached hydrogen (secondary N) is 2. The first kappa shape index (κ1) is 14.2. The summed E-state index contributed by atoms with van der Waals surface area (Å²) in [6.07, 6.45) is 0. The molecule has 2 aromatic rings. The zero-order valence-electron chi connectivity index (χ0n) is 10.8. The van der Waals surface area contributed by atoms with Gasteiger partial charge < -0.3 is 15.2 Å². The Kier molecular flexibility index (Phi) is 4.06. The summed E-state index contributed by atoms with van der Waals surface area (Å²) in [5, 5.41) is 9.48. The first-order valence-corrected chi connectivity index (χ1v) is 5.76. The second-order valence-electron chi connectivity index (χ2n) is 4.38. The number of urea groups is 1. The Labute approximate surface area is 137 Å². The van der Waals surface area contributed by atoms with Gasteiger partial charge in [-0.25, -0.2) is 4.79 Å². The second kappa shape index (κ2) is 5.43. The normalized spacial score (nSPS) is 13.1. The minimum atomic E-state index is -0.168. The Morgan fingerprint density at radius 1 is 1.37 bits per heavy atom.